The molecule has 0 fully saturated rings. The lowest BCUT2D eigenvalue weighted by molar-refractivity contribution is -0.384. The summed E-state index contributed by atoms with van der Waals surface area (Å²) >= 11 is 3.38. The Hall–Kier alpha value is -2.08. The van der Waals surface area contributed by atoms with Crippen molar-refractivity contribution in [2.45, 2.75) is 19.4 Å². The van der Waals surface area contributed by atoms with E-state index in [1.807, 2.05) is 31.2 Å². The predicted molar refractivity (Wildman–Crippen MR) is 85.6 cm³/mol. The van der Waals surface area contributed by atoms with Crippen LogP contribution in [0, 0.1) is 10.1 Å². The molecule has 6 heteroatoms. The van der Waals surface area contributed by atoms with E-state index in [1.165, 1.54) is 12.1 Å². The van der Waals surface area contributed by atoms with Gasteiger partial charge in [-0.2, -0.15) is 0 Å². The molecule has 2 N–H and O–H groups in total. The number of halogens is 1. The van der Waals surface area contributed by atoms with Gasteiger partial charge in [0.15, 0.2) is 0 Å². The van der Waals surface area contributed by atoms with Crippen molar-refractivity contribution < 1.29 is 10.0 Å². The average molecular weight is 351 g/mol. The molecule has 0 aromatic heterocycles. The van der Waals surface area contributed by atoms with E-state index in [4.69, 9.17) is 0 Å². The Morgan fingerprint density at radius 2 is 1.95 bits per heavy atom. The highest BCUT2D eigenvalue weighted by Crippen LogP contribution is 2.32. The molecule has 110 valence electrons. The maximum Gasteiger partial charge on any atom is 0.296 e. The summed E-state index contributed by atoms with van der Waals surface area (Å²) in [7, 11) is 0. The van der Waals surface area contributed by atoms with Gasteiger partial charge in [0, 0.05) is 4.47 Å². The maximum absolute atomic E-state index is 11.1. The zero-order valence-electron chi connectivity index (χ0n) is 11.4. The van der Waals surface area contributed by atoms with Gasteiger partial charge in [0.2, 0.25) is 0 Å². The molecule has 0 amide bonds. The number of nitro benzene ring substituents is 1. The number of anilines is 1. The zero-order chi connectivity index (χ0) is 15.4. The molecular weight excluding hydrogens is 336 g/mol. The average Bonchev–Trinajstić information content (AvgIpc) is 2.47. The molecule has 2 rings (SSSR count). The first-order valence-electron chi connectivity index (χ1n) is 6.50. The van der Waals surface area contributed by atoms with Crippen LogP contribution in [0.15, 0.2) is 46.9 Å². The number of nitrogens with zero attached hydrogens (tertiary/aromatic N) is 1. The first kappa shape index (κ1) is 15.3. The number of phenolic OH excluding ortho intramolecular Hbond substituents is 1. The van der Waals surface area contributed by atoms with Crippen LogP contribution in [0.3, 0.4) is 0 Å². The number of hydrogen-bond donors (Lipinski definition) is 2. The van der Waals surface area contributed by atoms with Gasteiger partial charge in [-0.15, -0.1) is 0 Å². The second-order valence-corrected chi connectivity index (χ2v) is 5.53. The third-order valence-corrected chi connectivity index (χ3v) is 3.72. The van der Waals surface area contributed by atoms with Crippen LogP contribution in [0.1, 0.15) is 24.9 Å². The summed E-state index contributed by atoms with van der Waals surface area (Å²) in [6.07, 6.45) is 0.777. The topological polar surface area (TPSA) is 75.4 Å². The highest BCUT2D eigenvalue weighted by atomic mass is 79.9. The molecule has 1 unspecified atom stereocenters. The Labute approximate surface area is 130 Å². The Morgan fingerprint density at radius 3 is 2.52 bits per heavy atom. The molecule has 0 aliphatic rings. The standard InChI is InChI=1S/C15H15BrN2O3/c1-2-13(10-3-5-11(16)6-4-10)17-14-8-7-12(19)9-15(14)18(20)21/h3-9,13,17,19H,2H2,1H3. The van der Waals surface area contributed by atoms with Gasteiger partial charge < -0.3 is 10.4 Å². The summed E-state index contributed by atoms with van der Waals surface area (Å²) in [5.41, 5.74) is 1.31. The van der Waals surface area contributed by atoms with Crippen LogP contribution in [0.2, 0.25) is 0 Å². The molecule has 0 aliphatic carbocycles. The Kier molecular flexibility index (Phi) is 4.80. The summed E-state index contributed by atoms with van der Waals surface area (Å²) in [6.45, 7) is 2.01. The van der Waals surface area contributed by atoms with Crippen molar-refractivity contribution >= 4 is 27.3 Å². The van der Waals surface area contributed by atoms with Crippen LogP contribution in [0.4, 0.5) is 11.4 Å². The van der Waals surface area contributed by atoms with Gasteiger partial charge in [0.1, 0.15) is 11.4 Å². The highest BCUT2D eigenvalue weighted by Gasteiger charge is 2.18. The van der Waals surface area contributed by atoms with Crippen LogP contribution in [-0.2, 0) is 0 Å². The fourth-order valence-corrected chi connectivity index (χ4v) is 2.36. The molecule has 0 aliphatic heterocycles. The minimum Gasteiger partial charge on any atom is -0.508 e. The Bertz CT molecular complexity index is 644. The van der Waals surface area contributed by atoms with E-state index >= 15 is 0 Å². The van der Waals surface area contributed by atoms with Gasteiger partial charge in [-0.25, -0.2) is 0 Å². The molecule has 0 saturated heterocycles. The lowest BCUT2D eigenvalue weighted by Crippen LogP contribution is -2.10. The fraction of sp³-hybridized carbons (Fsp3) is 0.200. The normalized spacial score (nSPS) is 11.9. The molecule has 0 bridgehead atoms. The number of nitro groups is 1. The Morgan fingerprint density at radius 1 is 1.29 bits per heavy atom. The van der Waals surface area contributed by atoms with Crippen molar-refractivity contribution in [2.75, 3.05) is 5.32 Å². The molecule has 1 atom stereocenters. The summed E-state index contributed by atoms with van der Waals surface area (Å²) in [5, 5.41) is 23.6. The number of hydrogen-bond acceptors (Lipinski definition) is 4. The Balaban J connectivity index is 2.30. The number of phenols is 1. The monoisotopic (exact) mass is 350 g/mol. The highest BCUT2D eigenvalue weighted by molar-refractivity contribution is 9.10. The summed E-state index contributed by atoms with van der Waals surface area (Å²) < 4.78 is 0.983. The first-order valence-corrected chi connectivity index (χ1v) is 7.30. The number of nitrogens with one attached hydrogen (secondary N) is 1. The van der Waals surface area contributed by atoms with Crippen molar-refractivity contribution in [3.05, 3.63) is 62.6 Å². The third-order valence-electron chi connectivity index (χ3n) is 3.19. The molecule has 21 heavy (non-hydrogen) atoms. The quantitative estimate of drug-likeness (QED) is 0.468. The van der Waals surface area contributed by atoms with Gasteiger partial charge in [0.25, 0.3) is 5.69 Å². The fourth-order valence-electron chi connectivity index (χ4n) is 2.10. The summed E-state index contributed by atoms with van der Waals surface area (Å²) in [4.78, 5) is 10.6. The van der Waals surface area contributed by atoms with Gasteiger partial charge in [-0.05, 0) is 36.2 Å². The van der Waals surface area contributed by atoms with Crippen LogP contribution in [0.5, 0.6) is 5.75 Å². The molecular formula is C15H15BrN2O3. The number of aromatic hydroxyl groups is 1. The van der Waals surface area contributed by atoms with Crippen LogP contribution in [0.25, 0.3) is 0 Å². The lowest BCUT2D eigenvalue weighted by Gasteiger charge is -2.19. The lowest BCUT2D eigenvalue weighted by atomic mass is 10.0. The minimum absolute atomic E-state index is 0.0404. The van der Waals surface area contributed by atoms with E-state index in [0.29, 0.717) is 5.69 Å². The van der Waals surface area contributed by atoms with E-state index in [0.717, 1.165) is 22.5 Å². The molecule has 2 aromatic rings. The molecule has 0 radical (unpaired) electrons. The smallest absolute Gasteiger partial charge is 0.296 e. The second-order valence-electron chi connectivity index (χ2n) is 4.62. The molecule has 2 aromatic carbocycles. The van der Waals surface area contributed by atoms with E-state index < -0.39 is 4.92 Å². The molecule has 0 spiro atoms. The molecule has 0 saturated carbocycles. The van der Waals surface area contributed by atoms with Gasteiger partial charge in [-0.3, -0.25) is 10.1 Å². The van der Waals surface area contributed by atoms with Gasteiger partial charge in [0.05, 0.1) is 17.0 Å². The first-order chi connectivity index (χ1) is 10.0. The molecule has 5 nitrogen and oxygen atoms in total. The number of benzene rings is 2. The largest absolute Gasteiger partial charge is 0.508 e. The summed E-state index contributed by atoms with van der Waals surface area (Å²) in [5.74, 6) is -0.121. The van der Waals surface area contributed by atoms with Gasteiger partial charge >= 0.3 is 0 Å². The van der Waals surface area contributed by atoms with Crippen molar-refractivity contribution in [3.63, 3.8) is 0 Å². The van der Waals surface area contributed by atoms with Crippen LogP contribution >= 0.6 is 15.9 Å². The van der Waals surface area contributed by atoms with Crippen molar-refractivity contribution in [1.29, 1.82) is 0 Å². The number of rotatable bonds is 5. The van der Waals surface area contributed by atoms with E-state index in [9.17, 15) is 15.2 Å². The van der Waals surface area contributed by atoms with Crippen LogP contribution < -0.4 is 5.32 Å². The van der Waals surface area contributed by atoms with Gasteiger partial charge in [-0.1, -0.05) is 35.0 Å². The van der Waals surface area contributed by atoms with Crippen LogP contribution in [-0.4, -0.2) is 10.0 Å². The van der Waals surface area contributed by atoms with Crippen molar-refractivity contribution in [2.24, 2.45) is 0 Å². The predicted octanol–water partition coefficient (Wildman–Crippen LogP) is 4.63. The van der Waals surface area contributed by atoms with E-state index in [1.54, 1.807) is 0 Å². The minimum atomic E-state index is -0.504. The van der Waals surface area contributed by atoms with E-state index in [-0.39, 0.29) is 17.5 Å². The summed E-state index contributed by atoms with van der Waals surface area (Å²) in [6, 6.07) is 11.9. The van der Waals surface area contributed by atoms with E-state index in [2.05, 4.69) is 21.2 Å². The van der Waals surface area contributed by atoms with Crippen molar-refractivity contribution in [1.82, 2.24) is 0 Å². The SMILES string of the molecule is CCC(Nc1ccc(O)cc1[N+](=O)[O-])c1ccc(Br)cc1. The second kappa shape index (κ2) is 6.58. The zero-order valence-corrected chi connectivity index (χ0v) is 13.0. The van der Waals surface area contributed by atoms with Crippen molar-refractivity contribution in [3.8, 4) is 5.75 Å². The molecule has 0 heterocycles. The third kappa shape index (κ3) is 3.72. The maximum atomic E-state index is 11.1.